The lowest BCUT2D eigenvalue weighted by molar-refractivity contribution is 0.171. The first-order valence-corrected chi connectivity index (χ1v) is 10.4. The minimum atomic E-state index is -0.106. The average molecular weight is 375 g/mol. The molecule has 1 fully saturated rings. The largest absolute Gasteiger partial charge is 0.324 e. The predicted molar refractivity (Wildman–Crippen MR) is 102 cm³/mol. The van der Waals surface area contributed by atoms with Gasteiger partial charge in [0.2, 0.25) is 0 Å². The van der Waals surface area contributed by atoms with Gasteiger partial charge in [-0.3, -0.25) is 5.32 Å². The number of urea groups is 1. The van der Waals surface area contributed by atoms with Gasteiger partial charge in [0.15, 0.2) is 11.0 Å². The van der Waals surface area contributed by atoms with E-state index in [4.69, 9.17) is 0 Å². The molecule has 0 spiro atoms. The van der Waals surface area contributed by atoms with Crippen LogP contribution in [-0.4, -0.2) is 37.2 Å². The van der Waals surface area contributed by atoms with Gasteiger partial charge in [0, 0.05) is 23.9 Å². The van der Waals surface area contributed by atoms with E-state index >= 15 is 0 Å². The SMILES string of the molecule is CCc1nc(NC(=O)N2CCn3c(C4CCCC4)nnc3C2C)sc1C. The zero-order valence-electron chi connectivity index (χ0n) is 15.7. The molecule has 26 heavy (non-hydrogen) atoms. The summed E-state index contributed by atoms with van der Waals surface area (Å²) in [5.74, 6) is 2.56. The molecule has 2 amide bonds. The Morgan fingerprint density at radius 2 is 1.96 bits per heavy atom. The molecule has 140 valence electrons. The Morgan fingerprint density at radius 1 is 1.23 bits per heavy atom. The van der Waals surface area contributed by atoms with Gasteiger partial charge >= 0.3 is 6.03 Å². The lowest BCUT2D eigenvalue weighted by atomic mass is 10.1. The summed E-state index contributed by atoms with van der Waals surface area (Å²) >= 11 is 1.54. The van der Waals surface area contributed by atoms with Crippen LogP contribution in [0.5, 0.6) is 0 Å². The van der Waals surface area contributed by atoms with Crippen molar-refractivity contribution in [2.24, 2.45) is 0 Å². The van der Waals surface area contributed by atoms with Crippen LogP contribution in [0, 0.1) is 6.92 Å². The molecule has 0 saturated heterocycles. The maximum absolute atomic E-state index is 12.8. The van der Waals surface area contributed by atoms with Gasteiger partial charge in [-0.25, -0.2) is 9.78 Å². The van der Waals surface area contributed by atoms with Crippen molar-refractivity contribution in [1.29, 1.82) is 0 Å². The smallest absolute Gasteiger partial charge is 0.313 e. The standard InChI is InChI=1S/C18H26N6OS/c1-4-14-12(3)26-17(19-14)20-18(25)23-9-10-24-15(11(23)2)21-22-16(24)13-7-5-6-8-13/h11,13H,4-10H2,1-3H3,(H,19,20,25). The number of hydrogen-bond acceptors (Lipinski definition) is 5. The number of hydrogen-bond donors (Lipinski definition) is 1. The second-order valence-corrected chi connectivity index (χ2v) is 8.43. The van der Waals surface area contributed by atoms with E-state index in [2.05, 4.69) is 32.0 Å². The third-order valence-corrected chi connectivity index (χ3v) is 6.56. The van der Waals surface area contributed by atoms with Crippen molar-refractivity contribution in [3.05, 3.63) is 22.2 Å². The first-order valence-electron chi connectivity index (χ1n) is 9.55. The minimum absolute atomic E-state index is 0.0851. The zero-order chi connectivity index (χ0) is 18.3. The predicted octanol–water partition coefficient (Wildman–Crippen LogP) is 3.87. The molecule has 1 saturated carbocycles. The van der Waals surface area contributed by atoms with Crippen LogP contribution in [-0.2, 0) is 13.0 Å². The Labute approximate surface area is 157 Å². The number of rotatable bonds is 3. The molecular weight excluding hydrogens is 348 g/mol. The third-order valence-electron chi connectivity index (χ3n) is 5.64. The van der Waals surface area contributed by atoms with Crippen molar-refractivity contribution in [1.82, 2.24) is 24.6 Å². The molecule has 0 radical (unpaired) electrons. The van der Waals surface area contributed by atoms with E-state index in [1.807, 2.05) is 18.7 Å². The minimum Gasteiger partial charge on any atom is -0.313 e. The summed E-state index contributed by atoms with van der Waals surface area (Å²) in [6.07, 6.45) is 5.86. The maximum Gasteiger partial charge on any atom is 0.324 e. The molecule has 1 aliphatic heterocycles. The van der Waals surface area contributed by atoms with Crippen molar-refractivity contribution in [2.75, 3.05) is 11.9 Å². The van der Waals surface area contributed by atoms with E-state index < -0.39 is 0 Å². The summed E-state index contributed by atoms with van der Waals surface area (Å²) in [5.41, 5.74) is 1.05. The highest BCUT2D eigenvalue weighted by Gasteiger charge is 2.34. The van der Waals surface area contributed by atoms with Gasteiger partial charge in [-0.05, 0) is 33.1 Å². The molecule has 2 aromatic rings. The highest BCUT2D eigenvalue weighted by atomic mass is 32.1. The molecule has 1 atom stereocenters. The van der Waals surface area contributed by atoms with Crippen molar-refractivity contribution < 1.29 is 4.79 Å². The fourth-order valence-corrected chi connectivity index (χ4v) is 5.03. The van der Waals surface area contributed by atoms with E-state index in [1.165, 1.54) is 37.0 Å². The number of carbonyl (C=O) groups excluding carboxylic acids is 1. The Hall–Kier alpha value is -1.96. The number of aromatic nitrogens is 4. The monoisotopic (exact) mass is 374 g/mol. The van der Waals surface area contributed by atoms with Gasteiger partial charge in [-0.2, -0.15) is 0 Å². The Kier molecular flexibility index (Phi) is 4.69. The van der Waals surface area contributed by atoms with Crippen LogP contribution in [0.15, 0.2) is 0 Å². The van der Waals surface area contributed by atoms with Crippen LogP contribution in [0.4, 0.5) is 9.93 Å². The van der Waals surface area contributed by atoms with Crippen LogP contribution in [0.2, 0.25) is 0 Å². The quantitative estimate of drug-likeness (QED) is 0.885. The van der Waals surface area contributed by atoms with Crippen LogP contribution >= 0.6 is 11.3 Å². The van der Waals surface area contributed by atoms with E-state index in [0.29, 0.717) is 17.6 Å². The number of nitrogens with one attached hydrogen (secondary N) is 1. The second kappa shape index (κ2) is 6.98. The number of amides is 2. The molecule has 0 bridgehead atoms. The van der Waals surface area contributed by atoms with Crippen molar-refractivity contribution in [2.45, 2.75) is 71.4 Å². The average Bonchev–Trinajstić information content (AvgIpc) is 3.34. The third kappa shape index (κ3) is 3.00. The Bertz CT molecular complexity index is 807. The fourth-order valence-electron chi connectivity index (χ4n) is 4.14. The number of nitrogens with zero attached hydrogens (tertiary/aromatic N) is 5. The molecule has 0 aromatic carbocycles. The summed E-state index contributed by atoms with van der Waals surface area (Å²) in [6, 6.07) is -0.191. The summed E-state index contributed by atoms with van der Waals surface area (Å²) in [5, 5.41) is 12.6. The summed E-state index contributed by atoms with van der Waals surface area (Å²) < 4.78 is 2.24. The first kappa shape index (κ1) is 17.5. The number of anilines is 1. The van der Waals surface area contributed by atoms with E-state index in [1.54, 1.807) is 0 Å². The molecule has 4 rings (SSSR count). The molecule has 1 N–H and O–H groups in total. The lowest BCUT2D eigenvalue weighted by Gasteiger charge is -2.33. The van der Waals surface area contributed by atoms with Gasteiger partial charge in [-0.1, -0.05) is 19.8 Å². The Balaban J connectivity index is 1.49. The van der Waals surface area contributed by atoms with Crippen LogP contribution in [0.1, 0.15) is 73.7 Å². The van der Waals surface area contributed by atoms with E-state index in [9.17, 15) is 4.79 Å². The molecule has 2 aliphatic rings. The highest BCUT2D eigenvalue weighted by molar-refractivity contribution is 7.15. The summed E-state index contributed by atoms with van der Waals surface area (Å²) in [4.78, 5) is 20.3. The molecule has 1 unspecified atom stereocenters. The number of aryl methyl sites for hydroxylation is 2. The normalized spacial score (nSPS) is 20.4. The molecule has 3 heterocycles. The van der Waals surface area contributed by atoms with Gasteiger partial charge in [-0.15, -0.1) is 21.5 Å². The van der Waals surface area contributed by atoms with Gasteiger partial charge in [0.05, 0.1) is 11.7 Å². The van der Waals surface area contributed by atoms with Crippen molar-refractivity contribution in [3.63, 3.8) is 0 Å². The Morgan fingerprint density at radius 3 is 2.65 bits per heavy atom. The number of thiazole rings is 1. The zero-order valence-corrected chi connectivity index (χ0v) is 16.5. The molecule has 8 heteroatoms. The first-order chi connectivity index (χ1) is 12.6. The van der Waals surface area contributed by atoms with Crippen LogP contribution < -0.4 is 5.32 Å². The fraction of sp³-hybridized carbons (Fsp3) is 0.667. The van der Waals surface area contributed by atoms with E-state index in [-0.39, 0.29) is 12.1 Å². The van der Waals surface area contributed by atoms with Gasteiger partial charge in [0.1, 0.15) is 5.82 Å². The van der Waals surface area contributed by atoms with Crippen LogP contribution in [0.25, 0.3) is 0 Å². The molecule has 7 nitrogen and oxygen atoms in total. The second-order valence-electron chi connectivity index (χ2n) is 7.22. The summed E-state index contributed by atoms with van der Waals surface area (Å²) in [7, 11) is 0. The molecule has 1 aliphatic carbocycles. The van der Waals surface area contributed by atoms with Crippen molar-refractivity contribution in [3.8, 4) is 0 Å². The molecule has 2 aromatic heterocycles. The molecular formula is C18H26N6OS. The number of carbonyl (C=O) groups is 1. The van der Waals surface area contributed by atoms with Gasteiger partial charge < -0.3 is 9.47 Å². The van der Waals surface area contributed by atoms with Crippen LogP contribution in [0.3, 0.4) is 0 Å². The topological polar surface area (TPSA) is 75.9 Å². The van der Waals surface area contributed by atoms with Gasteiger partial charge in [0.25, 0.3) is 0 Å². The lowest BCUT2D eigenvalue weighted by Crippen LogP contribution is -2.43. The van der Waals surface area contributed by atoms with E-state index in [0.717, 1.165) is 35.2 Å². The highest BCUT2D eigenvalue weighted by Crippen LogP contribution is 2.35. The summed E-state index contributed by atoms with van der Waals surface area (Å²) in [6.45, 7) is 7.59. The number of fused-ring (bicyclic) bond motifs is 1. The van der Waals surface area contributed by atoms with Crippen molar-refractivity contribution >= 4 is 22.5 Å². The maximum atomic E-state index is 12.8.